The van der Waals surface area contributed by atoms with Crippen molar-refractivity contribution in [3.05, 3.63) is 53.9 Å². The van der Waals surface area contributed by atoms with E-state index in [0.717, 1.165) is 30.5 Å². The molecule has 122 valence electrons. The lowest BCUT2D eigenvalue weighted by atomic mass is 9.96. The second-order valence-corrected chi connectivity index (χ2v) is 6.06. The Labute approximate surface area is 139 Å². The molecule has 7 nitrogen and oxygen atoms in total. The lowest BCUT2D eigenvalue weighted by Crippen LogP contribution is -2.39. The predicted octanol–water partition coefficient (Wildman–Crippen LogP) is 2.20. The molecule has 1 atom stereocenters. The minimum Gasteiger partial charge on any atom is -0.329 e. The van der Waals surface area contributed by atoms with Crippen molar-refractivity contribution in [1.29, 1.82) is 0 Å². The van der Waals surface area contributed by atoms with Crippen LogP contribution in [0.2, 0.25) is 0 Å². The topological polar surface area (TPSA) is 76.3 Å². The highest BCUT2D eigenvalue weighted by molar-refractivity contribution is 5.91. The van der Waals surface area contributed by atoms with E-state index in [0.29, 0.717) is 18.1 Å². The number of piperidine rings is 1. The summed E-state index contributed by atoms with van der Waals surface area (Å²) in [4.78, 5) is 23.5. The molecule has 4 rings (SSSR count). The number of likely N-dealkylation sites (tertiary alicyclic amines) is 1. The van der Waals surface area contributed by atoms with E-state index >= 15 is 0 Å². The van der Waals surface area contributed by atoms with Gasteiger partial charge in [0.1, 0.15) is 0 Å². The number of rotatable bonds is 2. The molecule has 0 spiro atoms. The van der Waals surface area contributed by atoms with Crippen molar-refractivity contribution in [2.45, 2.75) is 32.2 Å². The zero-order valence-electron chi connectivity index (χ0n) is 13.5. The van der Waals surface area contributed by atoms with Crippen molar-refractivity contribution >= 4 is 11.7 Å². The Morgan fingerprint density at radius 3 is 3.00 bits per heavy atom. The molecule has 7 heteroatoms. The first-order chi connectivity index (χ1) is 11.7. The second-order valence-electron chi connectivity index (χ2n) is 6.06. The van der Waals surface area contributed by atoms with Crippen LogP contribution in [0.1, 0.15) is 47.2 Å². The summed E-state index contributed by atoms with van der Waals surface area (Å²) in [5.74, 6) is 0.656. The SMILES string of the molecule is Cc1ccn2c(C(=O)N3CCCC[C@H]3c3cccnc3)nnc2n1. The smallest absolute Gasteiger partial charge is 0.292 e. The highest BCUT2D eigenvalue weighted by Crippen LogP contribution is 2.31. The Hall–Kier alpha value is -2.83. The monoisotopic (exact) mass is 322 g/mol. The van der Waals surface area contributed by atoms with Gasteiger partial charge in [0, 0.05) is 30.8 Å². The highest BCUT2D eigenvalue weighted by atomic mass is 16.2. The van der Waals surface area contributed by atoms with Crippen molar-refractivity contribution < 1.29 is 4.79 Å². The van der Waals surface area contributed by atoms with Gasteiger partial charge in [0.25, 0.3) is 11.7 Å². The van der Waals surface area contributed by atoms with Crippen LogP contribution in [0, 0.1) is 6.92 Å². The van der Waals surface area contributed by atoms with Gasteiger partial charge in [0.05, 0.1) is 6.04 Å². The summed E-state index contributed by atoms with van der Waals surface area (Å²) >= 11 is 0. The van der Waals surface area contributed by atoms with E-state index in [1.54, 1.807) is 16.8 Å². The van der Waals surface area contributed by atoms with Crippen LogP contribution in [-0.2, 0) is 0 Å². The minimum absolute atomic E-state index is 0.0331. The number of fused-ring (bicyclic) bond motifs is 1. The molecule has 0 aliphatic carbocycles. The Balaban J connectivity index is 1.71. The largest absolute Gasteiger partial charge is 0.329 e. The maximum absolute atomic E-state index is 13.1. The maximum atomic E-state index is 13.1. The van der Waals surface area contributed by atoms with Gasteiger partial charge in [-0.3, -0.25) is 14.2 Å². The standard InChI is InChI=1S/C17H18N6O/c1-12-7-10-23-15(20-21-17(23)19-12)16(24)22-9-3-2-6-14(22)13-5-4-8-18-11-13/h4-5,7-8,10-11,14H,2-3,6,9H2,1H3/t14-/m0/s1. The summed E-state index contributed by atoms with van der Waals surface area (Å²) in [5, 5.41) is 8.12. The summed E-state index contributed by atoms with van der Waals surface area (Å²) in [6, 6.07) is 5.81. The average Bonchev–Trinajstić information content (AvgIpc) is 3.05. The van der Waals surface area contributed by atoms with E-state index in [1.807, 2.05) is 36.2 Å². The second kappa shape index (κ2) is 5.99. The Bertz CT molecular complexity index is 875. The van der Waals surface area contributed by atoms with Gasteiger partial charge in [-0.25, -0.2) is 4.98 Å². The van der Waals surface area contributed by atoms with Crippen molar-refractivity contribution in [2.75, 3.05) is 6.54 Å². The number of aryl methyl sites for hydroxylation is 1. The van der Waals surface area contributed by atoms with E-state index in [2.05, 4.69) is 20.2 Å². The first-order valence-corrected chi connectivity index (χ1v) is 8.13. The van der Waals surface area contributed by atoms with E-state index < -0.39 is 0 Å². The maximum Gasteiger partial charge on any atom is 0.292 e. The molecule has 1 saturated heterocycles. The van der Waals surface area contributed by atoms with E-state index in [4.69, 9.17) is 0 Å². The van der Waals surface area contributed by atoms with Crippen LogP contribution >= 0.6 is 0 Å². The van der Waals surface area contributed by atoms with Gasteiger partial charge >= 0.3 is 0 Å². The highest BCUT2D eigenvalue weighted by Gasteiger charge is 2.31. The van der Waals surface area contributed by atoms with Gasteiger partial charge < -0.3 is 4.90 Å². The lowest BCUT2D eigenvalue weighted by Gasteiger charge is -2.35. The number of aromatic nitrogens is 5. The predicted molar refractivity (Wildman–Crippen MR) is 87.4 cm³/mol. The molecule has 1 amide bonds. The van der Waals surface area contributed by atoms with Gasteiger partial charge in [-0.05, 0) is 43.9 Å². The number of carbonyl (C=O) groups excluding carboxylic acids is 1. The summed E-state index contributed by atoms with van der Waals surface area (Å²) in [6.45, 7) is 2.60. The van der Waals surface area contributed by atoms with Gasteiger partial charge in [0.2, 0.25) is 5.82 Å². The molecule has 3 aromatic rings. The molecule has 1 fully saturated rings. The molecule has 24 heavy (non-hydrogen) atoms. The number of carbonyl (C=O) groups is 1. The first kappa shape index (κ1) is 14.7. The summed E-state index contributed by atoms with van der Waals surface area (Å²) in [7, 11) is 0. The molecule has 0 radical (unpaired) electrons. The minimum atomic E-state index is -0.110. The Kier molecular flexibility index (Phi) is 3.68. The number of amides is 1. The third kappa shape index (κ3) is 2.51. The third-order valence-corrected chi connectivity index (χ3v) is 4.44. The number of pyridine rings is 1. The summed E-state index contributed by atoms with van der Waals surface area (Å²) < 4.78 is 1.66. The van der Waals surface area contributed by atoms with E-state index in [9.17, 15) is 4.79 Å². The molecule has 0 bridgehead atoms. The normalized spacial score (nSPS) is 18.0. The van der Waals surface area contributed by atoms with Crippen molar-refractivity contribution in [1.82, 2.24) is 29.5 Å². The van der Waals surface area contributed by atoms with Crippen LogP contribution in [0.25, 0.3) is 5.78 Å². The first-order valence-electron chi connectivity index (χ1n) is 8.13. The molecular weight excluding hydrogens is 304 g/mol. The number of hydrogen-bond donors (Lipinski definition) is 0. The van der Waals surface area contributed by atoms with E-state index in [-0.39, 0.29) is 11.9 Å². The van der Waals surface area contributed by atoms with Gasteiger partial charge in [-0.1, -0.05) is 6.07 Å². The van der Waals surface area contributed by atoms with Crippen LogP contribution in [-0.4, -0.2) is 41.9 Å². The number of hydrogen-bond acceptors (Lipinski definition) is 5. The molecule has 0 N–H and O–H groups in total. The zero-order valence-corrected chi connectivity index (χ0v) is 13.5. The van der Waals surface area contributed by atoms with Crippen LogP contribution in [0.3, 0.4) is 0 Å². The molecule has 0 saturated carbocycles. The van der Waals surface area contributed by atoms with Gasteiger partial charge in [-0.15, -0.1) is 10.2 Å². The van der Waals surface area contributed by atoms with E-state index in [1.165, 1.54) is 0 Å². The van der Waals surface area contributed by atoms with Crippen molar-refractivity contribution in [3.8, 4) is 0 Å². The Morgan fingerprint density at radius 1 is 1.25 bits per heavy atom. The van der Waals surface area contributed by atoms with Crippen LogP contribution in [0.5, 0.6) is 0 Å². The fraction of sp³-hybridized carbons (Fsp3) is 0.353. The lowest BCUT2D eigenvalue weighted by molar-refractivity contribution is 0.0597. The molecule has 0 aromatic carbocycles. The zero-order chi connectivity index (χ0) is 16.5. The average molecular weight is 322 g/mol. The fourth-order valence-corrected chi connectivity index (χ4v) is 3.24. The summed E-state index contributed by atoms with van der Waals surface area (Å²) in [6.07, 6.45) is 8.42. The van der Waals surface area contributed by atoms with Gasteiger partial charge in [-0.2, -0.15) is 0 Å². The molecule has 4 heterocycles. The fourth-order valence-electron chi connectivity index (χ4n) is 3.24. The van der Waals surface area contributed by atoms with Crippen LogP contribution < -0.4 is 0 Å². The van der Waals surface area contributed by atoms with Crippen LogP contribution in [0.4, 0.5) is 0 Å². The van der Waals surface area contributed by atoms with Gasteiger partial charge in [0.15, 0.2) is 0 Å². The third-order valence-electron chi connectivity index (χ3n) is 4.44. The molecule has 3 aromatic heterocycles. The summed E-state index contributed by atoms with van der Waals surface area (Å²) in [5.41, 5.74) is 1.91. The molecule has 1 aliphatic heterocycles. The molecular formula is C17H18N6O. The van der Waals surface area contributed by atoms with Crippen molar-refractivity contribution in [2.24, 2.45) is 0 Å². The number of nitrogens with zero attached hydrogens (tertiary/aromatic N) is 6. The quantitative estimate of drug-likeness (QED) is 0.723. The van der Waals surface area contributed by atoms with Crippen LogP contribution in [0.15, 0.2) is 36.8 Å². The van der Waals surface area contributed by atoms with Crippen molar-refractivity contribution in [3.63, 3.8) is 0 Å². The molecule has 1 aliphatic rings. The molecule has 0 unspecified atom stereocenters. The Morgan fingerprint density at radius 2 is 2.17 bits per heavy atom.